The third-order valence-electron chi connectivity index (χ3n) is 1.86. The van der Waals surface area contributed by atoms with E-state index in [0.29, 0.717) is 6.54 Å². The van der Waals surface area contributed by atoms with E-state index in [-0.39, 0.29) is 12.4 Å². The van der Waals surface area contributed by atoms with E-state index in [1.807, 2.05) is 32.9 Å². The second-order valence-electron chi connectivity index (χ2n) is 4.63. The Hall–Kier alpha value is -1.42. The third kappa shape index (κ3) is 4.40. The van der Waals surface area contributed by atoms with Crippen LogP contribution in [0.5, 0.6) is 0 Å². The number of aromatic nitrogens is 1. The molecule has 0 aromatic carbocycles. The van der Waals surface area contributed by atoms with Gasteiger partial charge in [-0.2, -0.15) is 0 Å². The summed E-state index contributed by atoms with van der Waals surface area (Å²) in [5.74, 6) is -0.241. The number of hydrogen-bond donors (Lipinski definition) is 1. The van der Waals surface area contributed by atoms with Crippen molar-refractivity contribution in [2.45, 2.75) is 39.3 Å². The molecule has 2 N–H and O–H groups in total. The Morgan fingerprint density at radius 3 is 2.56 bits per heavy atom. The summed E-state index contributed by atoms with van der Waals surface area (Å²) in [6.07, 6.45) is 1.90. The molecule has 0 unspecified atom stereocenters. The van der Waals surface area contributed by atoms with E-state index < -0.39 is 5.60 Å². The number of esters is 1. The predicted molar refractivity (Wildman–Crippen MR) is 61.7 cm³/mol. The van der Waals surface area contributed by atoms with Crippen molar-refractivity contribution in [1.29, 1.82) is 0 Å². The molecule has 0 saturated heterocycles. The topological polar surface area (TPSA) is 65.2 Å². The first kappa shape index (κ1) is 12.6. The maximum Gasteiger partial charge on any atom is 0.310 e. The Kier molecular flexibility index (Phi) is 4.01. The number of nitrogens with two attached hydrogens (primary N) is 1. The molecule has 88 valence electrons. The zero-order chi connectivity index (χ0) is 12.2. The van der Waals surface area contributed by atoms with Gasteiger partial charge in [0.1, 0.15) is 5.60 Å². The Morgan fingerprint density at radius 1 is 1.44 bits per heavy atom. The fourth-order valence-electron chi connectivity index (χ4n) is 1.22. The quantitative estimate of drug-likeness (QED) is 0.786. The molecule has 0 aliphatic heterocycles. The fourth-order valence-corrected chi connectivity index (χ4v) is 1.22. The Bertz CT molecular complexity index is 352. The molecule has 4 nitrogen and oxygen atoms in total. The fraction of sp³-hybridized carbons (Fsp3) is 0.500. The summed E-state index contributed by atoms with van der Waals surface area (Å²) in [6, 6.07) is 3.67. The monoisotopic (exact) mass is 222 g/mol. The van der Waals surface area contributed by atoms with Crippen LogP contribution in [0.15, 0.2) is 18.3 Å². The molecule has 0 spiro atoms. The molecule has 0 radical (unpaired) electrons. The van der Waals surface area contributed by atoms with Gasteiger partial charge < -0.3 is 10.5 Å². The van der Waals surface area contributed by atoms with Gasteiger partial charge in [0.25, 0.3) is 0 Å². The minimum absolute atomic E-state index is 0.241. The first-order valence-electron chi connectivity index (χ1n) is 5.26. The molecule has 1 rings (SSSR count). The second-order valence-corrected chi connectivity index (χ2v) is 4.63. The van der Waals surface area contributed by atoms with Gasteiger partial charge in [0.15, 0.2) is 0 Å². The average Bonchev–Trinajstić information content (AvgIpc) is 2.16. The minimum Gasteiger partial charge on any atom is -0.460 e. The van der Waals surface area contributed by atoms with Gasteiger partial charge in [0.05, 0.1) is 12.1 Å². The average molecular weight is 222 g/mol. The van der Waals surface area contributed by atoms with Crippen molar-refractivity contribution >= 4 is 5.97 Å². The smallest absolute Gasteiger partial charge is 0.310 e. The maximum absolute atomic E-state index is 11.5. The molecule has 1 aromatic heterocycles. The summed E-state index contributed by atoms with van der Waals surface area (Å²) >= 11 is 0. The van der Waals surface area contributed by atoms with Crippen LogP contribution in [0.2, 0.25) is 0 Å². The molecule has 16 heavy (non-hydrogen) atoms. The van der Waals surface area contributed by atoms with Gasteiger partial charge in [0, 0.05) is 12.7 Å². The largest absolute Gasteiger partial charge is 0.460 e. The summed E-state index contributed by atoms with van der Waals surface area (Å²) in [5.41, 5.74) is 6.64. The lowest BCUT2D eigenvalue weighted by atomic mass is 10.1. The summed E-state index contributed by atoms with van der Waals surface area (Å²) < 4.78 is 5.21. The van der Waals surface area contributed by atoms with E-state index in [4.69, 9.17) is 10.5 Å². The number of nitrogens with zero attached hydrogens (tertiary/aromatic N) is 1. The molecule has 0 aliphatic rings. The molecule has 0 atom stereocenters. The van der Waals surface area contributed by atoms with Crippen molar-refractivity contribution in [3.63, 3.8) is 0 Å². The standard InChI is InChI=1S/C12H18N2O2/c1-12(2,3)16-11(15)6-9-4-5-10(7-13)14-8-9/h4-5,8H,6-7,13H2,1-3H3. The van der Waals surface area contributed by atoms with E-state index in [9.17, 15) is 4.79 Å². The number of carbonyl (C=O) groups is 1. The SMILES string of the molecule is CC(C)(C)OC(=O)Cc1ccc(CN)nc1. The number of hydrogen-bond acceptors (Lipinski definition) is 4. The third-order valence-corrected chi connectivity index (χ3v) is 1.86. The van der Waals surface area contributed by atoms with Gasteiger partial charge in [-0.25, -0.2) is 0 Å². The summed E-state index contributed by atoms with van der Waals surface area (Å²) in [5, 5.41) is 0. The molecular weight excluding hydrogens is 204 g/mol. The molecule has 0 bridgehead atoms. The number of rotatable bonds is 3. The van der Waals surface area contributed by atoms with Crippen LogP contribution in [0.25, 0.3) is 0 Å². The van der Waals surface area contributed by atoms with Crippen LogP contribution in [0.4, 0.5) is 0 Å². The van der Waals surface area contributed by atoms with Crippen molar-refractivity contribution in [1.82, 2.24) is 4.98 Å². The van der Waals surface area contributed by atoms with E-state index >= 15 is 0 Å². The molecule has 1 aromatic rings. The first-order valence-corrected chi connectivity index (χ1v) is 5.26. The molecule has 4 heteroatoms. The molecule has 0 amide bonds. The summed E-state index contributed by atoms with van der Waals surface area (Å²) in [4.78, 5) is 15.6. The molecule has 0 saturated carbocycles. The van der Waals surface area contributed by atoms with Crippen molar-refractivity contribution in [3.8, 4) is 0 Å². The molecule has 1 heterocycles. The van der Waals surface area contributed by atoms with Crippen LogP contribution in [-0.2, 0) is 22.5 Å². The summed E-state index contributed by atoms with van der Waals surface area (Å²) in [7, 11) is 0. The Labute approximate surface area is 95.8 Å². The Balaban J connectivity index is 2.56. The molecule has 0 aliphatic carbocycles. The highest BCUT2D eigenvalue weighted by Gasteiger charge is 2.16. The van der Waals surface area contributed by atoms with Crippen molar-refractivity contribution in [2.24, 2.45) is 5.73 Å². The number of carbonyl (C=O) groups excluding carboxylic acids is 1. The van der Waals surface area contributed by atoms with Crippen LogP contribution in [0, 0.1) is 0 Å². The van der Waals surface area contributed by atoms with Crippen LogP contribution < -0.4 is 5.73 Å². The minimum atomic E-state index is -0.443. The van der Waals surface area contributed by atoms with Crippen LogP contribution >= 0.6 is 0 Å². The zero-order valence-corrected chi connectivity index (χ0v) is 9.99. The van der Waals surface area contributed by atoms with Crippen LogP contribution in [0.3, 0.4) is 0 Å². The van der Waals surface area contributed by atoms with Crippen molar-refractivity contribution in [3.05, 3.63) is 29.6 Å². The van der Waals surface area contributed by atoms with Gasteiger partial charge >= 0.3 is 5.97 Å². The highest BCUT2D eigenvalue weighted by atomic mass is 16.6. The zero-order valence-electron chi connectivity index (χ0n) is 9.99. The van der Waals surface area contributed by atoms with Gasteiger partial charge in [-0.05, 0) is 32.4 Å². The van der Waals surface area contributed by atoms with Gasteiger partial charge in [-0.1, -0.05) is 6.07 Å². The van der Waals surface area contributed by atoms with Gasteiger partial charge in [-0.3, -0.25) is 9.78 Å². The number of pyridine rings is 1. The first-order chi connectivity index (χ1) is 7.40. The van der Waals surface area contributed by atoms with E-state index in [0.717, 1.165) is 11.3 Å². The van der Waals surface area contributed by atoms with Gasteiger partial charge in [0.2, 0.25) is 0 Å². The highest BCUT2D eigenvalue weighted by Crippen LogP contribution is 2.09. The predicted octanol–water partition coefficient (Wildman–Crippen LogP) is 1.42. The lowest BCUT2D eigenvalue weighted by molar-refractivity contribution is -0.153. The summed E-state index contributed by atoms with van der Waals surface area (Å²) in [6.45, 7) is 5.95. The van der Waals surface area contributed by atoms with Gasteiger partial charge in [-0.15, -0.1) is 0 Å². The lowest BCUT2D eigenvalue weighted by Gasteiger charge is -2.19. The normalized spacial score (nSPS) is 11.2. The lowest BCUT2D eigenvalue weighted by Crippen LogP contribution is -2.24. The molecule has 0 fully saturated rings. The Morgan fingerprint density at radius 2 is 2.12 bits per heavy atom. The van der Waals surface area contributed by atoms with Crippen LogP contribution in [0.1, 0.15) is 32.0 Å². The highest BCUT2D eigenvalue weighted by molar-refractivity contribution is 5.72. The second kappa shape index (κ2) is 5.07. The van der Waals surface area contributed by atoms with E-state index in [2.05, 4.69) is 4.98 Å². The van der Waals surface area contributed by atoms with E-state index in [1.54, 1.807) is 6.20 Å². The van der Waals surface area contributed by atoms with Crippen molar-refractivity contribution in [2.75, 3.05) is 0 Å². The molecular formula is C12H18N2O2. The van der Waals surface area contributed by atoms with E-state index in [1.165, 1.54) is 0 Å². The van der Waals surface area contributed by atoms with Crippen LogP contribution in [-0.4, -0.2) is 16.6 Å². The van der Waals surface area contributed by atoms with Crippen molar-refractivity contribution < 1.29 is 9.53 Å². The maximum atomic E-state index is 11.5. The number of ether oxygens (including phenoxy) is 1.